The minimum Gasteiger partial charge on any atom is -0.325 e. The van der Waals surface area contributed by atoms with E-state index in [2.05, 4.69) is 0 Å². The van der Waals surface area contributed by atoms with Crippen molar-refractivity contribution in [1.29, 1.82) is 0 Å². The highest BCUT2D eigenvalue weighted by atomic mass is 127. The lowest BCUT2D eigenvalue weighted by Gasteiger charge is -2.12. The van der Waals surface area contributed by atoms with Crippen molar-refractivity contribution in [2.45, 2.75) is 19.0 Å². The van der Waals surface area contributed by atoms with Gasteiger partial charge in [-0.05, 0) is 23.6 Å². The first kappa shape index (κ1) is 21.2. The van der Waals surface area contributed by atoms with Crippen LogP contribution in [-0.4, -0.2) is 35.0 Å². The number of nitrogens with zero attached hydrogens (tertiary/aromatic N) is 1. The van der Waals surface area contributed by atoms with E-state index < -0.39 is 50.2 Å². The molecule has 7 nitrogen and oxygen atoms in total. The number of alkyl halides is 3. The molecule has 2 amide bonds. The molecule has 2 heterocycles. The number of benzene rings is 1. The third-order valence-corrected chi connectivity index (χ3v) is 9.80. The quantitative estimate of drug-likeness (QED) is 0.380. The fraction of sp³-hybridized carbons (Fsp3) is 0.176. The maximum Gasteiger partial charge on any atom is 0.496 e. The van der Waals surface area contributed by atoms with E-state index >= 15 is 0 Å². The molecule has 0 N–H and O–H groups in total. The Balaban J connectivity index is 1.86. The Morgan fingerprint density at radius 2 is 1.76 bits per heavy atom. The second-order valence-corrected chi connectivity index (χ2v) is 11.4. The van der Waals surface area contributed by atoms with Crippen molar-refractivity contribution >= 4 is 35.1 Å². The molecule has 0 aliphatic carbocycles. The number of thiophene rings is 1. The molecular formula is C17H11F3INO6S+. The first-order valence-electron chi connectivity index (χ1n) is 7.88. The minimum absolute atomic E-state index is 0.0756. The summed E-state index contributed by atoms with van der Waals surface area (Å²) in [5.41, 5.74) is -0.100. The predicted molar refractivity (Wildman–Crippen MR) is 86.8 cm³/mol. The molecule has 1 aromatic carbocycles. The summed E-state index contributed by atoms with van der Waals surface area (Å²) in [5.74, 6) is -4.66. The Morgan fingerprint density at radius 1 is 1.07 bits per heavy atom. The molecule has 0 spiro atoms. The minimum atomic E-state index is -5.15. The van der Waals surface area contributed by atoms with Crippen molar-refractivity contribution < 1.29 is 60.5 Å². The van der Waals surface area contributed by atoms with Gasteiger partial charge in [-0.15, -0.1) is 5.06 Å². The summed E-state index contributed by atoms with van der Waals surface area (Å²) < 4.78 is 43.5. The van der Waals surface area contributed by atoms with Gasteiger partial charge >= 0.3 is 38.3 Å². The molecule has 1 aliphatic heterocycles. The van der Waals surface area contributed by atoms with Crippen molar-refractivity contribution in [3.8, 4) is 0 Å². The third kappa shape index (κ3) is 4.93. The van der Waals surface area contributed by atoms with Crippen LogP contribution in [0.15, 0.2) is 41.8 Å². The second-order valence-electron chi connectivity index (χ2n) is 5.50. The normalized spacial score (nSPS) is 14.4. The molecule has 1 saturated heterocycles. The van der Waals surface area contributed by atoms with Crippen molar-refractivity contribution in [1.82, 2.24) is 5.06 Å². The first-order chi connectivity index (χ1) is 13.7. The lowest BCUT2D eigenvalue weighted by atomic mass is 10.2. The molecule has 3 rings (SSSR count). The van der Waals surface area contributed by atoms with E-state index in [1.807, 2.05) is 0 Å². The first-order valence-corrected chi connectivity index (χ1v) is 11.8. The molecule has 29 heavy (non-hydrogen) atoms. The van der Waals surface area contributed by atoms with Crippen LogP contribution in [-0.2, 0) is 22.3 Å². The third-order valence-electron chi connectivity index (χ3n) is 3.47. The van der Waals surface area contributed by atoms with Gasteiger partial charge in [-0.1, -0.05) is 17.4 Å². The summed E-state index contributed by atoms with van der Waals surface area (Å²) in [4.78, 5) is 51.6. The second kappa shape index (κ2) is 8.49. The molecule has 12 heteroatoms. The number of halogens is 4. The maximum absolute atomic E-state index is 12.7. The van der Waals surface area contributed by atoms with Crippen LogP contribution in [0.25, 0.3) is 0 Å². The zero-order valence-corrected chi connectivity index (χ0v) is 17.2. The molecule has 0 unspecified atom stereocenters. The molecule has 1 aromatic heterocycles. The summed E-state index contributed by atoms with van der Waals surface area (Å²) in [6.07, 6.45) is -5.30. The van der Waals surface area contributed by atoms with Crippen molar-refractivity contribution in [3.63, 3.8) is 0 Å². The lowest BCUT2D eigenvalue weighted by Crippen LogP contribution is -3.85. The van der Waals surface area contributed by atoms with Gasteiger partial charge < -0.3 is 4.84 Å². The topological polar surface area (TPSA) is 90.0 Å². The van der Waals surface area contributed by atoms with Crippen molar-refractivity contribution in [2.75, 3.05) is 0 Å². The molecule has 153 valence electrons. The Morgan fingerprint density at radius 3 is 2.34 bits per heavy atom. The van der Waals surface area contributed by atoms with Gasteiger partial charge in [0.25, 0.3) is 11.8 Å². The summed E-state index contributed by atoms with van der Waals surface area (Å²) in [6, 6.07) is 8.53. The van der Waals surface area contributed by atoms with Crippen LogP contribution < -0.4 is 20.2 Å². The Kier molecular flexibility index (Phi) is 6.21. The Bertz CT molecular complexity index is 946. The van der Waals surface area contributed by atoms with Gasteiger partial charge in [0, 0.05) is 25.0 Å². The maximum atomic E-state index is 12.7. The van der Waals surface area contributed by atoms with Gasteiger partial charge in [0.15, 0.2) is 3.57 Å². The highest BCUT2D eigenvalue weighted by Gasteiger charge is 2.49. The van der Waals surface area contributed by atoms with Crippen LogP contribution in [0.1, 0.15) is 23.2 Å². The molecule has 0 saturated carbocycles. The zero-order valence-electron chi connectivity index (χ0n) is 14.3. The van der Waals surface area contributed by atoms with E-state index in [9.17, 15) is 32.3 Å². The number of carbonyl (C=O) groups excluding carboxylic acids is 4. The van der Waals surface area contributed by atoms with E-state index in [4.69, 9.17) is 7.90 Å². The van der Waals surface area contributed by atoms with E-state index in [-0.39, 0.29) is 22.0 Å². The van der Waals surface area contributed by atoms with Gasteiger partial charge in [0.05, 0.1) is 5.56 Å². The van der Waals surface area contributed by atoms with E-state index in [1.165, 1.54) is 24.3 Å². The highest BCUT2D eigenvalue weighted by Crippen LogP contribution is 2.15. The van der Waals surface area contributed by atoms with Crippen LogP contribution in [0.4, 0.5) is 13.2 Å². The highest BCUT2D eigenvalue weighted by molar-refractivity contribution is 7.07. The number of hydrogen-bond acceptors (Lipinski definition) is 7. The van der Waals surface area contributed by atoms with E-state index in [0.717, 1.165) is 11.3 Å². The predicted octanol–water partition coefficient (Wildman–Crippen LogP) is -0.346. The average molecular weight is 541 g/mol. The zero-order chi connectivity index (χ0) is 21.2. The number of hydroxylamine groups is 2. The van der Waals surface area contributed by atoms with Gasteiger partial charge in [0.2, 0.25) is 2.88 Å². The summed E-state index contributed by atoms with van der Waals surface area (Å²) in [5, 5.41) is 2.00. The van der Waals surface area contributed by atoms with E-state index in [1.54, 1.807) is 17.5 Å². The van der Waals surface area contributed by atoms with Crippen LogP contribution in [0.5, 0.6) is 0 Å². The largest absolute Gasteiger partial charge is 0.496 e. The summed E-state index contributed by atoms with van der Waals surface area (Å²) in [6.45, 7) is 0. The van der Waals surface area contributed by atoms with Crippen LogP contribution in [0.3, 0.4) is 0 Å². The number of hydrogen-bond donors (Lipinski definition) is 0. The van der Waals surface area contributed by atoms with Gasteiger partial charge in [-0.3, -0.25) is 9.59 Å². The molecule has 0 atom stereocenters. The smallest absolute Gasteiger partial charge is 0.325 e. The van der Waals surface area contributed by atoms with Crippen molar-refractivity contribution in [3.05, 3.63) is 53.8 Å². The molecule has 2 aromatic rings. The fourth-order valence-corrected chi connectivity index (χ4v) is 8.06. The summed E-state index contributed by atoms with van der Waals surface area (Å²) >= 11 is -2.18. The van der Waals surface area contributed by atoms with Crippen molar-refractivity contribution in [2.24, 2.45) is 0 Å². The molecule has 1 radical (unpaired) electrons. The molecular weight excluding hydrogens is 530 g/mol. The van der Waals surface area contributed by atoms with Gasteiger partial charge in [0.1, 0.15) is 0 Å². The number of amides is 2. The number of rotatable bonds is 5. The SMILES string of the molecule is O=C(ON1C(=O)CCC1=O)c1cccc([I+](OC(=O)C(F)(F)F)c2cccs2)c1. The lowest BCUT2D eigenvalue weighted by molar-refractivity contribution is -1.04. The monoisotopic (exact) mass is 541 g/mol. The fourth-order valence-electron chi connectivity index (χ4n) is 2.18. The average Bonchev–Trinajstić information content (AvgIpc) is 3.31. The Hall–Kier alpha value is -2.48. The summed E-state index contributed by atoms with van der Waals surface area (Å²) in [7, 11) is 0. The number of imide groups is 1. The number of carbonyl (C=O) groups is 4. The molecule has 1 aliphatic rings. The standard InChI is InChI=1S/C17H11F3INO6S/c18-17(19,20)16(26)27-21(12-5-2-8-29-12)11-4-1-3-10(9-11)15(25)28-22-13(23)6-7-14(22)24/h1-5,8-9H,6-7H2/q+1. The van der Waals surface area contributed by atoms with Gasteiger partial charge in [-0.25, -0.2) is 12.7 Å². The molecule has 1 fully saturated rings. The van der Waals surface area contributed by atoms with Gasteiger partial charge in [-0.2, -0.15) is 13.2 Å². The van der Waals surface area contributed by atoms with Crippen LogP contribution >= 0.6 is 11.3 Å². The van der Waals surface area contributed by atoms with E-state index in [0.29, 0.717) is 7.95 Å². The van der Waals surface area contributed by atoms with Crippen LogP contribution in [0, 0.1) is 6.45 Å². The van der Waals surface area contributed by atoms with Crippen LogP contribution in [0.2, 0.25) is 0 Å². The Labute approximate surface area is 173 Å². The molecule has 0 bridgehead atoms.